The van der Waals surface area contributed by atoms with Crippen LogP contribution in [-0.4, -0.2) is 88.3 Å². The number of amidine groups is 1. The van der Waals surface area contributed by atoms with Gasteiger partial charge in [0.25, 0.3) is 0 Å². The molecule has 1 fully saturated rings. The van der Waals surface area contributed by atoms with E-state index in [1.165, 1.54) is 0 Å². The number of amides is 3. The lowest BCUT2D eigenvalue weighted by atomic mass is 9.71. The Hall–Kier alpha value is -4.51. The van der Waals surface area contributed by atoms with E-state index in [2.05, 4.69) is 44.5 Å². The summed E-state index contributed by atoms with van der Waals surface area (Å²) < 4.78 is 6.30. The largest absolute Gasteiger partial charge is 0.493 e. The molecule has 1 saturated heterocycles. The normalized spacial score (nSPS) is 20.5. The second kappa shape index (κ2) is 15.7. The van der Waals surface area contributed by atoms with Gasteiger partial charge < -0.3 is 14.5 Å². The Morgan fingerprint density at radius 2 is 1.52 bits per heavy atom. The summed E-state index contributed by atoms with van der Waals surface area (Å²) in [5, 5.41) is 1.19. The number of nitrogens with zero attached hydrogens (tertiary/aromatic N) is 7. The van der Waals surface area contributed by atoms with Gasteiger partial charge in [-0.2, -0.15) is 0 Å². The Kier molecular flexibility index (Phi) is 11.4. The van der Waals surface area contributed by atoms with Crippen molar-refractivity contribution in [2.75, 3.05) is 50.8 Å². The summed E-state index contributed by atoms with van der Waals surface area (Å²) in [6.07, 6.45) is 5.18. The first-order valence-corrected chi connectivity index (χ1v) is 19.2. The van der Waals surface area contributed by atoms with Gasteiger partial charge in [-0.05, 0) is 75.2 Å². The van der Waals surface area contributed by atoms with Gasteiger partial charge in [0.1, 0.15) is 22.7 Å². The quantitative estimate of drug-likeness (QED) is 0.171. The van der Waals surface area contributed by atoms with Gasteiger partial charge in [0.05, 0.1) is 30.6 Å². The van der Waals surface area contributed by atoms with Gasteiger partial charge >= 0.3 is 6.03 Å². The number of aromatic nitrogens is 2. The molecule has 284 valence electrons. The molecular formula is C42H49Cl2N7O3. The minimum atomic E-state index is -1.05. The fourth-order valence-corrected chi connectivity index (χ4v) is 7.64. The zero-order chi connectivity index (χ0) is 38.8. The number of anilines is 1. The van der Waals surface area contributed by atoms with Crippen molar-refractivity contribution in [3.8, 4) is 5.75 Å². The molecule has 6 rings (SSSR count). The van der Waals surface area contributed by atoms with Crippen molar-refractivity contribution >= 4 is 46.7 Å². The summed E-state index contributed by atoms with van der Waals surface area (Å²) in [5.41, 5.74) is 1.70. The Labute approximate surface area is 328 Å². The van der Waals surface area contributed by atoms with Crippen LogP contribution in [0.3, 0.4) is 0 Å². The van der Waals surface area contributed by atoms with Crippen molar-refractivity contribution in [2.24, 2.45) is 4.99 Å². The molecule has 2 aromatic heterocycles. The highest BCUT2D eigenvalue weighted by Gasteiger charge is 2.60. The van der Waals surface area contributed by atoms with Crippen LogP contribution in [0, 0.1) is 0 Å². The number of halogens is 2. The number of carbonyl (C=O) groups is 2. The monoisotopic (exact) mass is 769 g/mol. The molecule has 0 N–H and O–H groups in total. The number of ether oxygens (including phenoxy) is 1. The molecule has 0 saturated carbocycles. The predicted octanol–water partition coefficient (Wildman–Crippen LogP) is 8.16. The molecule has 3 amide bonds. The third-order valence-corrected chi connectivity index (χ3v) is 11.2. The van der Waals surface area contributed by atoms with E-state index in [1.807, 2.05) is 90.4 Å². The van der Waals surface area contributed by atoms with E-state index in [9.17, 15) is 4.79 Å². The number of carbonyl (C=O) groups excluding carboxylic acids is 2. The van der Waals surface area contributed by atoms with E-state index in [4.69, 9.17) is 37.9 Å². The summed E-state index contributed by atoms with van der Waals surface area (Å²) in [6.45, 7) is 17.4. The number of pyridine rings is 2. The number of rotatable bonds is 9. The average Bonchev–Trinajstić information content (AvgIpc) is 3.40. The van der Waals surface area contributed by atoms with Crippen LogP contribution in [0.2, 0.25) is 10.0 Å². The topological polar surface area (TPSA) is 94.5 Å². The summed E-state index contributed by atoms with van der Waals surface area (Å²) in [6, 6.07) is 20.7. The van der Waals surface area contributed by atoms with Gasteiger partial charge in [-0.25, -0.2) is 4.79 Å². The van der Waals surface area contributed by atoms with Crippen molar-refractivity contribution < 1.29 is 14.3 Å². The van der Waals surface area contributed by atoms with Crippen LogP contribution in [0.1, 0.15) is 70.9 Å². The Morgan fingerprint density at radius 3 is 2.07 bits per heavy atom. The first kappa shape index (κ1) is 39.2. The molecule has 4 aromatic rings. The molecule has 0 bridgehead atoms. The lowest BCUT2D eigenvalue weighted by Gasteiger charge is -2.47. The Balaban J connectivity index is 1.41. The highest BCUT2D eigenvalue weighted by molar-refractivity contribution is 6.30. The van der Waals surface area contributed by atoms with Crippen LogP contribution in [0.15, 0.2) is 90.3 Å². The number of piperazine rings is 1. The average molecular weight is 771 g/mol. The van der Waals surface area contributed by atoms with Gasteiger partial charge in [0, 0.05) is 72.3 Å². The van der Waals surface area contributed by atoms with E-state index in [0.29, 0.717) is 66.5 Å². The highest BCUT2D eigenvalue weighted by Crippen LogP contribution is 2.54. The molecular weight excluding hydrogens is 721 g/mol. The molecule has 54 heavy (non-hydrogen) atoms. The zero-order valence-electron chi connectivity index (χ0n) is 32.1. The minimum absolute atomic E-state index is 0.0112. The van der Waals surface area contributed by atoms with Crippen molar-refractivity contribution in [1.82, 2.24) is 24.7 Å². The van der Waals surface area contributed by atoms with Crippen LogP contribution >= 0.6 is 23.2 Å². The van der Waals surface area contributed by atoms with E-state index in [0.717, 1.165) is 22.5 Å². The molecule has 0 aliphatic carbocycles. The predicted molar refractivity (Wildman–Crippen MR) is 216 cm³/mol. The second-order valence-electron chi connectivity index (χ2n) is 15.1. The molecule has 0 spiro atoms. The zero-order valence-corrected chi connectivity index (χ0v) is 33.7. The van der Waals surface area contributed by atoms with Crippen LogP contribution in [0.5, 0.6) is 5.75 Å². The van der Waals surface area contributed by atoms with Crippen molar-refractivity contribution in [1.29, 1.82) is 0 Å². The molecule has 2 aliphatic rings. The number of aliphatic imine (C=N–C) groups is 1. The van der Waals surface area contributed by atoms with Crippen molar-refractivity contribution in [3.63, 3.8) is 0 Å². The van der Waals surface area contributed by atoms with Gasteiger partial charge in [-0.1, -0.05) is 68.2 Å². The SMILES string of the molecule is CCOc1cc(C(C)(C)C)ncc1C1=N[C@@](C)(c2ccc(Cl)cc2)[C@@](C)(c2ccc(Cl)cc2)N1C(=O)N1CCN(CC(=O)N(CC)c2cccnc2)CC1. The molecule has 0 radical (unpaired) electrons. The summed E-state index contributed by atoms with van der Waals surface area (Å²) in [5.74, 6) is 1.05. The molecule has 2 aromatic carbocycles. The van der Waals surface area contributed by atoms with Crippen LogP contribution in [0.25, 0.3) is 0 Å². The third-order valence-electron chi connectivity index (χ3n) is 10.7. The van der Waals surface area contributed by atoms with E-state index >= 15 is 4.79 Å². The maximum atomic E-state index is 15.3. The maximum Gasteiger partial charge on any atom is 0.326 e. The minimum Gasteiger partial charge on any atom is -0.493 e. The van der Waals surface area contributed by atoms with Gasteiger partial charge in [0.15, 0.2) is 0 Å². The summed E-state index contributed by atoms with van der Waals surface area (Å²) >= 11 is 12.8. The summed E-state index contributed by atoms with van der Waals surface area (Å²) in [4.78, 5) is 50.9. The maximum absolute atomic E-state index is 15.3. The third kappa shape index (κ3) is 7.44. The number of urea groups is 1. The Morgan fingerprint density at radius 1 is 0.889 bits per heavy atom. The molecule has 12 heteroatoms. The first-order chi connectivity index (χ1) is 25.7. The van der Waals surface area contributed by atoms with Gasteiger partial charge in [0.2, 0.25) is 5.91 Å². The highest BCUT2D eigenvalue weighted by atomic mass is 35.5. The summed E-state index contributed by atoms with van der Waals surface area (Å²) in [7, 11) is 0. The number of benzene rings is 2. The standard InChI is InChI=1S/C42H49Cl2N7O3/c1-8-50(33-11-10-20-45-26-33)37(52)28-48-21-23-49(24-22-48)39(53)51-38(34-27-46-36(40(3,4)5)25-35(34)54-9-2)47-41(6,29-12-16-31(43)17-13-29)42(51,7)30-14-18-32(44)19-15-30/h10-20,25-27H,8-9,21-24,28H2,1-7H3/t41-,42+/m0/s1. The number of likely N-dealkylation sites (N-methyl/N-ethyl adjacent to an activating group) is 1. The molecule has 4 heterocycles. The molecule has 2 aliphatic heterocycles. The number of hydrogen-bond acceptors (Lipinski definition) is 7. The lowest BCUT2D eigenvalue weighted by molar-refractivity contribution is -0.120. The van der Waals surface area contributed by atoms with Crippen molar-refractivity contribution in [3.05, 3.63) is 118 Å². The van der Waals surface area contributed by atoms with Gasteiger partial charge in [-0.3, -0.25) is 29.6 Å². The second-order valence-corrected chi connectivity index (χ2v) is 15.9. The van der Waals surface area contributed by atoms with Crippen LogP contribution in [0.4, 0.5) is 10.5 Å². The smallest absolute Gasteiger partial charge is 0.326 e. The Bertz CT molecular complexity index is 2000. The molecule has 10 nitrogen and oxygen atoms in total. The van der Waals surface area contributed by atoms with E-state index < -0.39 is 11.1 Å². The molecule has 0 unspecified atom stereocenters. The fourth-order valence-electron chi connectivity index (χ4n) is 7.39. The lowest BCUT2D eigenvalue weighted by Crippen LogP contribution is -2.61. The number of hydrogen-bond donors (Lipinski definition) is 0. The van der Waals surface area contributed by atoms with Crippen LogP contribution < -0.4 is 9.64 Å². The van der Waals surface area contributed by atoms with Crippen LogP contribution in [-0.2, 0) is 21.3 Å². The van der Waals surface area contributed by atoms with Crippen molar-refractivity contribution in [2.45, 2.75) is 65.0 Å². The van der Waals surface area contributed by atoms with E-state index in [1.54, 1.807) is 23.5 Å². The molecule has 2 atom stereocenters. The first-order valence-electron chi connectivity index (χ1n) is 18.5. The fraction of sp³-hybridized carbons (Fsp3) is 0.405. The van der Waals surface area contributed by atoms with Gasteiger partial charge in [-0.15, -0.1) is 0 Å². The van der Waals surface area contributed by atoms with E-state index in [-0.39, 0.29) is 23.9 Å².